The second kappa shape index (κ2) is 5.90. The van der Waals surface area contributed by atoms with Gasteiger partial charge in [-0.2, -0.15) is 0 Å². The number of aryl methyl sites for hydroxylation is 1. The van der Waals surface area contributed by atoms with Gasteiger partial charge in [-0.25, -0.2) is 9.97 Å². The molecule has 0 atom stereocenters. The van der Waals surface area contributed by atoms with Gasteiger partial charge in [0.05, 0.1) is 0 Å². The Hall–Kier alpha value is -1.81. The Labute approximate surface area is 126 Å². The lowest BCUT2D eigenvalue weighted by Gasteiger charge is -2.28. The Morgan fingerprint density at radius 1 is 1.24 bits per heavy atom. The summed E-state index contributed by atoms with van der Waals surface area (Å²) in [5.41, 5.74) is 4.99. The van der Waals surface area contributed by atoms with Gasteiger partial charge >= 0.3 is 0 Å². The molecule has 2 aromatic rings. The Bertz CT molecular complexity index is 636. The average molecular weight is 282 g/mol. The first-order valence-electron chi connectivity index (χ1n) is 7.59. The van der Waals surface area contributed by atoms with E-state index in [1.807, 2.05) is 18.6 Å². The summed E-state index contributed by atoms with van der Waals surface area (Å²) in [4.78, 5) is 15.9. The standard InChI is InChI=1S/C17H22N4/c1-12(2)17-19-9-15-11-21(5-4-16(15)20-17)10-14-6-13(3)7-18-8-14/h6-9,12H,4-5,10-11H2,1-3H3. The minimum Gasteiger partial charge on any atom is -0.294 e. The fourth-order valence-electron chi connectivity index (χ4n) is 2.77. The van der Waals surface area contributed by atoms with Gasteiger partial charge in [-0.1, -0.05) is 19.9 Å². The monoisotopic (exact) mass is 282 g/mol. The molecule has 0 bridgehead atoms. The van der Waals surface area contributed by atoms with E-state index < -0.39 is 0 Å². The van der Waals surface area contributed by atoms with E-state index in [0.29, 0.717) is 5.92 Å². The van der Waals surface area contributed by atoms with Crippen molar-refractivity contribution in [1.29, 1.82) is 0 Å². The predicted octanol–water partition coefficient (Wildman–Crippen LogP) is 2.86. The first-order valence-corrected chi connectivity index (χ1v) is 7.59. The number of nitrogens with zero attached hydrogens (tertiary/aromatic N) is 4. The molecule has 0 N–H and O–H groups in total. The van der Waals surface area contributed by atoms with E-state index in [1.54, 1.807) is 0 Å². The van der Waals surface area contributed by atoms with Crippen molar-refractivity contribution in [3.63, 3.8) is 0 Å². The van der Waals surface area contributed by atoms with Crippen molar-refractivity contribution in [3.8, 4) is 0 Å². The molecule has 1 aliphatic rings. The molecule has 21 heavy (non-hydrogen) atoms. The average Bonchev–Trinajstić information content (AvgIpc) is 2.46. The highest BCUT2D eigenvalue weighted by Gasteiger charge is 2.19. The zero-order valence-electron chi connectivity index (χ0n) is 13.0. The topological polar surface area (TPSA) is 41.9 Å². The van der Waals surface area contributed by atoms with Gasteiger partial charge in [0.2, 0.25) is 0 Å². The van der Waals surface area contributed by atoms with Gasteiger partial charge in [0.25, 0.3) is 0 Å². The molecule has 0 aromatic carbocycles. The predicted molar refractivity (Wildman–Crippen MR) is 82.9 cm³/mol. The lowest BCUT2D eigenvalue weighted by Crippen LogP contribution is -2.31. The Kier molecular flexibility index (Phi) is 3.97. The van der Waals surface area contributed by atoms with Crippen molar-refractivity contribution >= 4 is 0 Å². The van der Waals surface area contributed by atoms with E-state index in [2.05, 4.69) is 41.7 Å². The summed E-state index contributed by atoms with van der Waals surface area (Å²) >= 11 is 0. The molecular weight excluding hydrogens is 260 g/mol. The second-order valence-corrected chi connectivity index (χ2v) is 6.19. The maximum absolute atomic E-state index is 4.72. The molecule has 2 aromatic heterocycles. The van der Waals surface area contributed by atoms with Crippen molar-refractivity contribution in [2.45, 2.75) is 46.2 Å². The molecule has 0 amide bonds. The number of hydrogen-bond donors (Lipinski definition) is 0. The lowest BCUT2D eigenvalue weighted by atomic mass is 10.1. The van der Waals surface area contributed by atoms with Crippen LogP contribution in [0, 0.1) is 6.92 Å². The third-order valence-electron chi connectivity index (χ3n) is 3.89. The van der Waals surface area contributed by atoms with E-state index in [-0.39, 0.29) is 0 Å². The van der Waals surface area contributed by atoms with Gasteiger partial charge in [-0.15, -0.1) is 0 Å². The summed E-state index contributed by atoms with van der Waals surface area (Å²) in [6.45, 7) is 9.30. The molecule has 0 spiro atoms. The molecule has 0 saturated heterocycles. The highest BCUT2D eigenvalue weighted by molar-refractivity contribution is 5.22. The summed E-state index contributed by atoms with van der Waals surface area (Å²) in [7, 11) is 0. The van der Waals surface area contributed by atoms with Crippen molar-refractivity contribution in [3.05, 3.63) is 52.9 Å². The summed E-state index contributed by atoms with van der Waals surface area (Å²) in [6, 6.07) is 2.21. The Morgan fingerprint density at radius 2 is 2.10 bits per heavy atom. The second-order valence-electron chi connectivity index (χ2n) is 6.19. The first kappa shape index (κ1) is 14.1. The maximum atomic E-state index is 4.72. The fourth-order valence-corrected chi connectivity index (χ4v) is 2.77. The van der Waals surface area contributed by atoms with Crippen LogP contribution in [0.1, 0.15) is 48.0 Å². The van der Waals surface area contributed by atoms with E-state index in [0.717, 1.165) is 31.9 Å². The normalized spacial score (nSPS) is 15.2. The van der Waals surface area contributed by atoms with E-state index in [4.69, 9.17) is 4.98 Å². The van der Waals surface area contributed by atoms with Crippen LogP contribution in [0.15, 0.2) is 24.7 Å². The third kappa shape index (κ3) is 3.27. The fraction of sp³-hybridized carbons (Fsp3) is 0.471. The molecule has 1 aliphatic heterocycles. The molecule has 0 aliphatic carbocycles. The van der Waals surface area contributed by atoms with Crippen LogP contribution in [0.4, 0.5) is 0 Å². The molecule has 0 radical (unpaired) electrons. The van der Waals surface area contributed by atoms with Gasteiger partial charge < -0.3 is 0 Å². The SMILES string of the molecule is Cc1cncc(CN2CCc3nc(C(C)C)ncc3C2)c1. The molecule has 4 heteroatoms. The van der Waals surface area contributed by atoms with Crippen molar-refractivity contribution in [2.75, 3.05) is 6.54 Å². The minimum absolute atomic E-state index is 0.395. The molecule has 3 heterocycles. The lowest BCUT2D eigenvalue weighted by molar-refractivity contribution is 0.242. The van der Waals surface area contributed by atoms with Crippen LogP contribution in [0.3, 0.4) is 0 Å². The van der Waals surface area contributed by atoms with Gasteiger partial charge in [0, 0.05) is 61.8 Å². The molecule has 0 unspecified atom stereocenters. The molecule has 0 saturated carbocycles. The molecule has 4 nitrogen and oxygen atoms in total. The van der Waals surface area contributed by atoms with Gasteiger partial charge in [0.1, 0.15) is 5.82 Å². The summed E-state index contributed by atoms with van der Waals surface area (Å²) in [6.07, 6.45) is 6.88. The number of hydrogen-bond acceptors (Lipinski definition) is 4. The Morgan fingerprint density at radius 3 is 2.86 bits per heavy atom. The van der Waals surface area contributed by atoms with E-state index in [1.165, 1.54) is 22.4 Å². The van der Waals surface area contributed by atoms with Crippen LogP contribution in [0.5, 0.6) is 0 Å². The van der Waals surface area contributed by atoms with Crippen LogP contribution in [0.25, 0.3) is 0 Å². The van der Waals surface area contributed by atoms with Gasteiger partial charge in [0.15, 0.2) is 0 Å². The van der Waals surface area contributed by atoms with Crippen molar-refractivity contribution in [1.82, 2.24) is 19.9 Å². The third-order valence-corrected chi connectivity index (χ3v) is 3.89. The van der Waals surface area contributed by atoms with Crippen LogP contribution >= 0.6 is 0 Å². The van der Waals surface area contributed by atoms with Gasteiger partial charge in [-0.05, 0) is 18.1 Å². The first-order chi connectivity index (χ1) is 10.1. The minimum atomic E-state index is 0.395. The molecular formula is C17H22N4. The number of pyridine rings is 1. The summed E-state index contributed by atoms with van der Waals surface area (Å²) < 4.78 is 0. The quantitative estimate of drug-likeness (QED) is 0.868. The van der Waals surface area contributed by atoms with E-state index in [9.17, 15) is 0 Å². The number of rotatable bonds is 3. The molecule has 3 rings (SSSR count). The van der Waals surface area contributed by atoms with Gasteiger partial charge in [-0.3, -0.25) is 9.88 Å². The van der Waals surface area contributed by atoms with Crippen molar-refractivity contribution in [2.24, 2.45) is 0 Å². The van der Waals surface area contributed by atoms with Crippen LogP contribution in [-0.2, 0) is 19.5 Å². The summed E-state index contributed by atoms with van der Waals surface area (Å²) in [5, 5.41) is 0. The Balaban J connectivity index is 1.73. The van der Waals surface area contributed by atoms with E-state index >= 15 is 0 Å². The largest absolute Gasteiger partial charge is 0.294 e. The number of fused-ring (bicyclic) bond motifs is 1. The van der Waals surface area contributed by atoms with Crippen molar-refractivity contribution < 1.29 is 0 Å². The van der Waals surface area contributed by atoms with Crippen LogP contribution < -0.4 is 0 Å². The van der Waals surface area contributed by atoms with Crippen LogP contribution in [-0.4, -0.2) is 26.4 Å². The highest BCUT2D eigenvalue weighted by atomic mass is 15.1. The highest BCUT2D eigenvalue weighted by Crippen LogP contribution is 2.20. The van der Waals surface area contributed by atoms with Crippen LogP contribution in [0.2, 0.25) is 0 Å². The zero-order chi connectivity index (χ0) is 14.8. The molecule has 0 fully saturated rings. The summed E-state index contributed by atoms with van der Waals surface area (Å²) in [5.74, 6) is 1.36. The zero-order valence-corrected chi connectivity index (χ0v) is 13.0. The molecule has 110 valence electrons. The smallest absolute Gasteiger partial charge is 0.131 e. The maximum Gasteiger partial charge on any atom is 0.131 e. The number of aromatic nitrogens is 3.